The molecule has 26 heavy (non-hydrogen) atoms. The summed E-state index contributed by atoms with van der Waals surface area (Å²) >= 11 is 0. The maximum Gasteiger partial charge on any atom is 0.216 e. The van der Waals surface area contributed by atoms with Gasteiger partial charge in [-0.1, -0.05) is 31.2 Å². The van der Waals surface area contributed by atoms with Gasteiger partial charge in [-0.05, 0) is 24.5 Å². The largest absolute Gasteiger partial charge is 0.256 e. The SMILES string of the molecule is CCc1nc2n(n1)CCC[C@@H]2NS(=O)(=O)Cc1cccc2cccnc12. The molecule has 0 saturated carbocycles. The van der Waals surface area contributed by atoms with Gasteiger partial charge in [0.2, 0.25) is 10.0 Å². The van der Waals surface area contributed by atoms with E-state index in [1.165, 1.54) is 0 Å². The molecule has 0 spiro atoms. The van der Waals surface area contributed by atoms with Crippen molar-refractivity contribution >= 4 is 20.9 Å². The van der Waals surface area contributed by atoms with E-state index in [1.54, 1.807) is 6.20 Å². The zero-order valence-electron chi connectivity index (χ0n) is 14.6. The molecule has 0 fully saturated rings. The molecule has 1 N–H and O–H groups in total. The van der Waals surface area contributed by atoms with Crippen molar-refractivity contribution in [3.63, 3.8) is 0 Å². The first-order valence-electron chi connectivity index (χ1n) is 8.82. The topological polar surface area (TPSA) is 89.8 Å². The maximum atomic E-state index is 12.8. The molecule has 1 aromatic carbocycles. The van der Waals surface area contributed by atoms with Crippen LogP contribution in [0.5, 0.6) is 0 Å². The first-order chi connectivity index (χ1) is 12.6. The molecule has 8 heteroatoms. The average Bonchev–Trinajstić information content (AvgIpc) is 3.06. The predicted octanol–water partition coefficient (Wildman–Crippen LogP) is 2.34. The highest BCUT2D eigenvalue weighted by Gasteiger charge is 2.28. The molecule has 0 bridgehead atoms. The lowest BCUT2D eigenvalue weighted by molar-refractivity contribution is 0.399. The van der Waals surface area contributed by atoms with Gasteiger partial charge in [-0.2, -0.15) is 5.10 Å². The molecule has 3 aromatic rings. The summed E-state index contributed by atoms with van der Waals surface area (Å²) in [5, 5.41) is 5.37. The minimum absolute atomic E-state index is 0.105. The van der Waals surface area contributed by atoms with Gasteiger partial charge in [0.15, 0.2) is 5.82 Å². The third-order valence-electron chi connectivity index (χ3n) is 4.62. The van der Waals surface area contributed by atoms with Gasteiger partial charge in [0.25, 0.3) is 0 Å². The molecule has 136 valence electrons. The highest BCUT2D eigenvalue weighted by atomic mass is 32.2. The summed E-state index contributed by atoms with van der Waals surface area (Å²) in [6, 6.07) is 9.06. The second-order valence-corrected chi connectivity index (χ2v) is 8.28. The Morgan fingerprint density at radius 3 is 2.96 bits per heavy atom. The number of aryl methyl sites for hydroxylation is 2. The maximum absolute atomic E-state index is 12.8. The fourth-order valence-corrected chi connectivity index (χ4v) is 4.79. The van der Waals surface area contributed by atoms with Gasteiger partial charge in [-0.15, -0.1) is 0 Å². The normalized spacial score (nSPS) is 17.3. The minimum Gasteiger partial charge on any atom is -0.256 e. The van der Waals surface area contributed by atoms with Gasteiger partial charge < -0.3 is 0 Å². The van der Waals surface area contributed by atoms with Crippen molar-refractivity contribution in [1.29, 1.82) is 0 Å². The summed E-state index contributed by atoms with van der Waals surface area (Å²) in [4.78, 5) is 8.85. The fourth-order valence-electron chi connectivity index (χ4n) is 3.41. The van der Waals surface area contributed by atoms with Crippen LogP contribution in [-0.4, -0.2) is 28.2 Å². The molecule has 7 nitrogen and oxygen atoms in total. The van der Waals surface area contributed by atoms with Crippen molar-refractivity contribution in [3.05, 3.63) is 53.7 Å². The Balaban J connectivity index is 1.59. The average molecular weight is 371 g/mol. The van der Waals surface area contributed by atoms with Gasteiger partial charge >= 0.3 is 0 Å². The number of para-hydroxylation sites is 1. The monoisotopic (exact) mass is 371 g/mol. The van der Waals surface area contributed by atoms with Crippen LogP contribution in [0.2, 0.25) is 0 Å². The van der Waals surface area contributed by atoms with E-state index in [0.29, 0.717) is 11.4 Å². The van der Waals surface area contributed by atoms with Crippen molar-refractivity contribution in [3.8, 4) is 0 Å². The van der Waals surface area contributed by atoms with Crippen LogP contribution in [0.3, 0.4) is 0 Å². The number of benzene rings is 1. The Morgan fingerprint density at radius 2 is 2.12 bits per heavy atom. The van der Waals surface area contributed by atoms with E-state index < -0.39 is 10.0 Å². The van der Waals surface area contributed by atoms with Crippen LogP contribution in [0, 0.1) is 0 Å². The van der Waals surface area contributed by atoms with Crippen LogP contribution in [0.25, 0.3) is 10.9 Å². The zero-order chi connectivity index (χ0) is 18.1. The molecule has 1 aliphatic rings. The molecular weight excluding hydrogens is 350 g/mol. The van der Waals surface area contributed by atoms with Gasteiger partial charge in [0.1, 0.15) is 5.82 Å². The summed E-state index contributed by atoms with van der Waals surface area (Å²) in [5.74, 6) is 1.36. The smallest absolute Gasteiger partial charge is 0.216 e. The Hall–Kier alpha value is -2.32. The Bertz CT molecular complexity index is 1040. The van der Waals surface area contributed by atoms with E-state index in [2.05, 4.69) is 19.8 Å². The lowest BCUT2D eigenvalue weighted by atomic mass is 10.1. The summed E-state index contributed by atoms with van der Waals surface area (Å²) in [6.07, 6.45) is 4.03. The zero-order valence-corrected chi connectivity index (χ0v) is 15.4. The van der Waals surface area contributed by atoms with Gasteiger partial charge in [0, 0.05) is 24.5 Å². The van der Waals surface area contributed by atoms with E-state index in [4.69, 9.17) is 0 Å². The number of pyridine rings is 1. The molecule has 0 saturated heterocycles. The summed E-state index contributed by atoms with van der Waals surface area (Å²) in [7, 11) is -3.54. The summed E-state index contributed by atoms with van der Waals surface area (Å²) < 4.78 is 30.3. The lowest BCUT2D eigenvalue weighted by Gasteiger charge is -2.23. The van der Waals surface area contributed by atoms with Crippen LogP contribution in [0.1, 0.15) is 43.0 Å². The third-order valence-corrected chi connectivity index (χ3v) is 5.95. The number of nitrogens with zero attached hydrogens (tertiary/aromatic N) is 4. The summed E-state index contributed by atoms with van der Waals surface area (Å²) in [6.45, 7) is 2.78. The molecule has 0 unspecified atom stereocenters. The standard InChI is InChI=1S/C18H21N5O2S/c1-2-16-20-18-15(9-5-11-23(18)21-16)22-26(24,25)12-14-7-3-6-13-8-4-10-19-17(13)14/h3-4,6-8,10,15,22H,2,5,9,11-12H2,1H3/t15-/m0/s1. The van der Waals surface area contributed by atoms with Crippen LogP contribution in [0.15, 0.2) is 36.5 Å². The predicted molar refractivity (Wildman–Crippen MR) is 98.9 cm³/mol. The molecule has 0 amide bonds. The Labute approximate surface area is 152 Å². The highest BCUT2D eigenvalue weighted by Crippen LogP contribution is 2.25. The Kier molecular flexibility index (Phi) is 4.46. The number of aromatic nitrogens is 4. The molecule has 0 radical (unpaired) electrons. The van der Waals surface area contributed by atoms with Gasteiger partial charge in [-0.25, -0.2) is 22.8 Å². The van der Waals surface area contributed by atoms with Gasteiger partial charge in [0.05, 0.1) is 17.3 Å². The molecular formula is C18H21N5O2S. The quantitative estimate of drug-likeness (QED) is 0.743. The number of sulfonamides is 1. The van der Waals surface area contributed by atoms with Crippen LogP contribution >= 0.6 is 0 Å². The first kappa shape index (κ1) is 17.1. The van der Waals surface area contributed by atoms with Crippen LogP contribution < -0.4 is 4.72 Å². The van der Waals surface area contributed by atoms with E-state index in [1.807, 2.05) is 41.9 Å². The molecule has 2 aromatic heterocycles. The van der Waals surface area contributed by atoms with Crippen LogP contribution in [0.4, 0.5) is 0 Å². The van der Waals surface area contributed by atoms with E-state index in [0.717, 1.165) is 42.5 Å². The number of hydrogen-bond donors (Lipinski definition) is 1. The molecule has 0 aliphatic carbocycles. The molecule has 1 atom stereocenters. The first-order valence-corrected chi connectivity index (χ1v) is 10.5. The van der Waals surface area contributed by atoms with E-state index in [-0.39, 0.29) is 11.8 Å². The molecule has 1 aliphatic heterocycles. The molecule has 3 heterocycles. The third kappa shape index (κ3) is 3.34. The van der Waals surface area contributed by atoms with Crippen molar-refractivity contribution in [2.24, 2.45) is 0 Å². The van der Waals surface area contributed by atoms with Crippen molar-refractivity contribution in [2.75, 3.05) is 0 Å². The summed E-state index contributed by atoms with van der Waals surface area (Å²) in [5.41, 5.74) is 1.42. The Morgan fingerprint density at radius 1 is 1.27 bits per heavy atom. The second-order valence-electron chi connectivity index (χ2n) is 6.53. The minimum atomic E-state index is -3.54. The van der Waals surface area contributed by atoms with E-state index in [9.17, 15) is 8.42 Å². The van der Waals surface area contributed by atoms with Crippen molar-refractivity contribution < 1.29 is 8.42 Å². The number of rotatable bonds is 5. The van der Waals surface area contributed by atoms with Crippen molar-refractivity contribution in [2.45, 2.75) is 44.5 Å². The molecule has 4 rings (SSSR count). The second kappa shape index (κ2) is 6.77. The number of hydrogen-bond acceptors (Lipinski definition) is 5. The van der Waals surface area contributed by atoms with E-state index >= 15 is 0 Å². The lowest BCUT2D eigenvalue weighted by Crippen LogP contribution is -2.34. The fraction of sp³-hybridized carbons (Fsp3) is 0.389. The number of nitrogens with one attached hydrogen (secondary N) is 1. The van der Waals surface area contributed by atoms with Crippen LogP contribution in [-0.2, 0) is 28.7 Å². The highest BCUT2D eigenvalue weighted by molar-refractivity contribution is 7.88. The van der Waals surface area contributed by atoms with Crippen molar-refractivity contribution in [1.82, 2.24) is 24.5 Å². The number of fused-ring (bicyclic) bond motifs is 2. The van der Waals surface area contributed by atoms with Gasteiger partial charge in [-0.3, -0.25) is 4.98 Å².